The van der Waals surface area contributed by atoms with Crippen LogP contribution >= 0.6 is 0 Å². The Morgan fingerprint density at radius 1 is 1.08 bits per heavy atom. The van der Waals surface area contributed by atoms with E-state index in [0.29, 0.717) is 31.1 Å². The highest BCUT2D eigenvalue weighted by Crippen LogP contribution is 2.31. The summed E-state index contributed by atoms with van der Waals surface area (Å²) in [6.07, 6.45) is 2.90. The molecule has 0 aromatic heterocycles. The maximum Gasteiger partial charge on any atom is 0.253 e. The van der Waals surface area contributed by atoms with E-state index in [0.717, 1.165) is 37.1 Å². The van der Waals surface area contributed by atoms with E-state index < -0.39 is 0 Å². The Kier molecular flexibility index (Phi) is 5.30. The van der Waals surface area contributed by atoms with Crippen molar-refractivity contribution in [3.05, 3.63) is 29.3 Å². The van der Waals surface area contributed by atoms with Crippen molar-refractivity contribution in [2.24, 2.45) is 5.92 Å². The van der Waals surface area contributed by atoms with Crippen molar-refractivity contribution < 1.29 is 14.3 Å². The van der Waals surface area contributed by atoms with Gasteiger partial charge in [-0.3, -0.25) is 9.59 Å². The van der Waals surface area contributed by atoms with Crippen LogP contribution in [0, 0.1) is 5.92 Å². The van der Waals surface area contributed by atoms with E-state index in [9.17, 15) is 9.59 Å². The summed E-state index contributed by atoms with van der Waals surface area (Å²) >= 11 is 0. The molecule has 1 saturated heterocycles. The monoisotopic (exact) mass is 344 g/mol. The average molecular weight is 344 g/mol. The minimum atomic E-state index is 0.0465. The molecule has 1 saturated carbocycles. The number of carbonyl (C=O) groups is 2. The van der Waals surface area contributed by atoms with E-state index in [2.05, 4.69) is 13.8 Å². The lowest BCUT2D eigenvalue weighted by Crippen LogP contribution is -2.38. The predicted octanol–water partition coefficient (Wildman–Crippen LogP) is 2.90. The summed E-state index contributed by atoms with van der Waals surface area (Å²) in [5.41, 5.74) is 1.75. The summed E-state index contributed by atoms with van der Waals surface area (Å²) in [7, 11) is 1.66. The second-order valence-electron chi connectivity index (χ2n) is 7.36. The first-order valence-electron chi connectivity index (χ1n) is 9.27. The Bertz CT molecular complexity index is 652. The smallest absolute Gasteiger partial charge is 0.253 e. The maximum atomic E-state index is 12.9. The number of hydrogen-bond acceptors (Lipinski definition) is 3. The molecule has 5 nitrogen and oxygen atoms in total. The zero-order valence-electron chi connectivity index (χ0n) is 15.5. The number of amides is 2. The molecule has 1 aliphatic heterocycles. The highest BCUT2D eigenvalue weighted by atomic mass is 16.5. The largest absolute Gasteiger partial charge is 0.496 e. The third-order valence-electron chi connectivity index (χ3n) is 5.12. The van der Waals surface area contributed by atoms with Crippen molar-refractivity contribution in [1.82, 2.24) is 9.80 Å². The van der Waals surface area contributed by atoms with Crippen LogP contribution in [-0.2, 0) is 4.79 Å². The summed E-state index contributed by atoms with van der Waals surface area (Å²) in [5.74, 6) is 1.69. The van der Waals surface area contributed by atoms with Crippen LogP contribution in [0.4, 0.5) is 0 Å². The van der Waals surface area contributed by atoms with Gasteiger partial charge < -0.3 is 14.5 Å². The zero-order chi connectivity index (χ0) is 18.0. The van der Waals surface area contributed by atoms with Gasteiger partial charge in [-0.15, -0.1) is 0 Å². The van der Waals surface area contributed by atoms with E-state index in [1.165, 1.54) is 0 Å². The Hall–Kier alpha value is -2.04. The molecule has 2 amide bonds. The summed E-state index contributed by atoms with van der Waals surface area (Å²) in [4.78, 5) is 29.0. The van der Waals surface area contributed by atoms with Gasteiger partial charge in [-0.2, -0.15) is 0 Å². The standard InChI is InChI=1S/C20H28N2O3/c1-14(2)17-13-16(7-8-18(17)25-3)20(24)22-10-4-9-21(11-12-22)19(23)15-5-6-15/h7-8,13-15H,4-6,9-12H2,1-3H3. The second-order valence-corrected chi connectivity index (χ2v) is 7.36. The van der Waals surface area contributed by atoms with Gasteiger partial charge in [0.25, 0.3) is 5.91 Å². The Morgan fingerprint density at radius 3 is 2.40 bits per heavy atom. The van der Waals surface area contributed by atoms with Gasteiger partial charge in [0, 0.05) is 37.7 Å². The highest BCUT2D eigenvalue weighted by Gasteiger charge is 2.34. The SMILES string of the molecule is COc1ccc(C(=O)N2CCCN(C(=O)C3CC3)CC2)cc1C(C)C. The minimum Gasteiger partial charge on any atom is -0.496 e. The van der Waals surface area contributed by atoms with Gasteiger partial charge >= 0.3 is 0 Å². The van der Waals surface area contributed by atoms with Gasteiger partial charge in [-0.1, -0.05) is 13.8 Å². The molecule has 0 atom stereocenters. The van der Waals surface area contributed by atoms with Crippen LogP contribution in [0.3, 0.4) is 0 Å². The first-order valence-corrected chi connectivity index (χ1v) is 9.27. The Morgan fingerprint density at radius 2 is 1.76 bits per heavy atom. The molecule has 2 aliphatic rings. The lowest BCUT2D eigenvalue weighted by Gasteiger charge is -2.23. The lowest BCUT2D eigenvalue weighted by atomic mass is 9.99. The first-order chi connectivity index (χ1) is 12.0. The van der Waals surface area contributed by atoms with Crippen molar-refractivity contribution in [3.63, 3.8) is 0 Å². The predicted molar refractivity (Wildman–Crippen MR) is 96.9 cm³/mol. The van der Waals surface area contributed by atoms with Gasteiger partial charge in [-0.05, 0) is 48.9 Å². The summed E-state index contributed by atoms with van der Waals surface area (Å²) < 4.78 is 5.41. The fourth-order valence-electron chi connectivity index (χ4n) is 3.43. The van der Waals surface area contributed by atoms with Crippen LogP contribution in [0.2, 0.25) is 0 Å². The fourth-order valence-corrected chi connectivity index (χ4v) is 3.43. The van der Waals surface area contributed by atoms with Crippen molar-refractivity contribution in [2.75, 3.05) is 33.3 Å². The van der Waals surface area contributed by atoms with Crippen LogP contribution in [-0.4, -0.2) is 54.9 Å². The third kappa shape index (κ3) is 3.97. The molecule has 136 valence electrons. The molecule has 0 bridgehead atoms. The van der Waals surface area contributed by atoms with E-state index in [1.54, 1.807) is 7.11 Å². The normalized spacial score (nSPS) is 18.2. The summed E-state index contributed by atoms with van der Waals surface area (Å²) in [6, 6.07) is 5.66. The van der Waals surface area contributed by atoms with E-state index in [1.807, 2.05) is 28.0 Å². The van der Waals surface area contributed by atoms with Crippen LogP contribution in [0.25, 0.3) is 0 Å². The molecule has 0 N–H and O–H groups in total. The van der Waals surface area contributed by atoms with Crippen LogP contribution < -0.4 is 4.74 Å². The lowest BCUT2D eigenvalue weighted by molar-refractivity contribution is -0.132. The average Bonchev–Trinajstić information content (AvgIpc) is 3.46. The molecule has 1 aromatic carbocycles. The number of benzene rings is 1. The topological polar surface area (TPSA) is 49.9 Å². The number of nitrogens with zero attached hydrogens (tertiary/aromatic N) is 2. The Labute approximate surface area is 149 Å². The number of hydrogen-bond donors (Lipinski definition) is 0. The molecule has 5 heteroatoms. The molecule has 1 aliphatic carbocycles. The van der Waals surface area contributed by atoms with Gasteiger partial charge in [0.2, 0.25) is 5.91 Å². The minimum absolute atomic E-state index is 0.0465. The van der Waals surface area contributed by atoms with E-state index >= 15 is 0 Å². The molecule has 2 fully saturated rings. The van der Waals surface area contributed by atoms with Gasteiger partial charge in [0.15, 0.2) is 0 Å². The molecule has 1 aromatic rings. The van der Waals surface area contributed by atoms with Crippen LogP contribution in [0.15, 0.2) is 18.2 Å². The zero-order valence-corrected chi connectivity index (χ0v) is 15.5. The number of rotatable bonds is 4. The second kappa shape index (κ2) is 7.46. The quantitative estimate of drug-likeness (QED) is 0.844. The highest BCUT2D eigenvalue weighted by molar-refractivity contribution is 5.94. The molecule has 1 heterocycles. The Balaban J connectivity index is 1.70. The van der Waals surface area contributed by atoms with Crippen molar-refractivity contribution in [3.8, 4) is 5.75 Å². The molecular formula is C20H28N2O3. The van der Waals surface area contributed by atoms with Gasteiger partial charge in [0.1, 0.15) is 5.75 Å². The number of ether oxygens (including phenoxy) is 1. The molecule has 25 heavy (non-hydrogen) atoms. The van der Waals surface area contributed by atoms with Crippen LogP contribution in [0.5, 0.6) is 5.75 Å². The molecule has 0 unspecified atom stereocenters. The van der Waals surface area contributed by atoms with Gasteiger partial charge in [0.05, 0.1) is 7.11 Å². The number of carbonyl (C=O) groups excluding carboxylic acids is 2. The van der Waals surface area contributed by atoms with Crippen molar-refractivity contribution >= 4 is 11.8 Å². The molecular weight excluding hydrogens is 316 g/mol. The molecule has 3 rings (SSSR count). The maximum absolute atomic E-state index is 12.9. The first kappa shape index (κ1) is 17.8. The molecule has 0 spiro atoms. The fraction of sp³-hybridized carbons (Fsp3) is 0.600. The third-order valence-corrected chi connectivity index (χ3v) is 5.12. The summed E-state index contributed by atoms with van der Waals surface area (Å²) in [6.45, 7) is 6.92. The van der Waals surface area contributed by atoms with E-state index in [4.69, 9.17) is 4.74 Å². The number of methoxy groups -OCH3 is 1. The van der Waals surface area contributed by atoms with Crippen LogP contribution in [0.1, 0.15) is 54.9 Å². The van der Waals surface area contributed by atoms with E-state index in [-0.39, 0.29) is 17.7 Å². The van der Waals surface area contributed by atoms with Gasteiger partial charge in [-0.25, -0.2) is 0 Å². The molecule has 0 radical (unpaired) electrons. The summed E-state index contributed by atoms with van der Waals surface area (Å²) in [5, 5.41) is 0. The van der Waals surface area contributed by atoms with Crippen molar-refractivity contribution in [2.45, 2.75) is 39.0 Å². The van der Waals surface area contributed by atoms with Crippen molar-refractivity contribution in [1.29, 1.82) is 0 Å².